The van der Waals surface area contributed by atoms with Crippen molar-refractivity contribution >= 4 is 29.1 Å². The Morgan fingerprint density at radius 3 is 2.53 bits per heavy atom. The molecule has 0 aliphatic rings. The summed E-state index contributed by atoms with van der Waals surface area (Å²) in [5.74, 6) is 2.03. The zero-order valence-corrected chi connectivity index (χ0v) is 19.5. The Labute approximate surface area is 196 Å². The average Bonchev–Trinajstić information content (AvgIpc) is 3.10. The predicted octanol–water partition coefficient (Wildman–Crippen LogP) is 5.38. The van der Waals surface area contributed by atoms with Crippen LogP contribution >= 0.6 is 23.2 Å². The van der Waals surface area contributed by atoms with Gasteiger partial charge in [0, 0.05) is 17.1 Å². The lowest BCUT2D eigenvalue weighted by Crippen LogP contribution is -2.25. The molecule has 0 unspecified atom stereocenters. The molecule has 32 heavy (non-hydrogen) atoms. The van der Waals surface area contributed by atoms with Crippen molar-refractivity contribution in [2.45, 2.75) is 26.9 Å². The van der Waals surface area contributed by atoms with Gasteiger partial charge in [-0.2, -0.15) is 0 Å². The second-order valence-corrected chi connectivity index (χ2v) is 7.83. The Morgan fingerprint density at radius 2 is 1.84 bits per heavy atom. The van der Waals surface area contributed by atoms with Gasteiger partial charge in [0.05, 0.1) is 30.0 Å². The van der Waals surface area contributed by atoms with Crippen LogP contribution in [0.1, 0.15) is 33.8 Å². The highest BCUT2D eigenvalue weighted by atomic mass is 35.5. The van der Waals surface area contributed by atoms with Crippen molar-refractivity contribution in [2.75, 3.05) is 20.3 Å². The summed E-state index contributed by atoms with van der Waals surface area (Å²) in [5.41, 5.74) is 2.13. The Kier molecular flexibility index (Phi) is 8.25. The van der Waals surface area contributed by atoms with Crippen molar-refractivity contribution in [2.24, 2.45) is 0 Å². The molecule has 3 aromatic rings. The van der Waals surface area contributed by atoms with Gasteiger partial charge in [-0.15, -0.1) is 0 Å². The summed E-state index contributed by atoms with van der Waals surface area (Å²) in [6.45, 7) is 4.82. The van der Waals surface area contributed by atoms with Crippen molar-refractivity contribution in [1.82, 2.24) is 10.5 Å². The van der Waals surface area contributed by atoms with Crippen LogP contribution in [0.5, 0.6) is 17.2 Å². The van der Waals surface area contributed by atoms with E-state index in [2.05, 4.69) is 10.5 Å². The van der Waals surface area contributed by atoms with Gasteiger partial charge in [0.15, 0.2) is 11.5 Å². The minimum Gasteiger partial charge on any atom is -0.493 e. The van der Waals surface area contributed by atoms with E-state index in [0.29, 0.717) is 64.8 Å². The molecule has 1 amide bonds. The maximum Gasteiger partial charge on any atom is 0.251 e. The summed E-state index contributed by atoms with van der Waals surface area (Å²) in [6, 6.07) is 10.1. The molecule has 0 saturated heterocycles. The first-order valence-corrected chi connectivity index (χ1v) is 10.7. The van der Waals surface area contributed by atoms with E-state index in [1.807, 2.05) is 13.8 Å². The minimum atomic E-state index is -0.218. The standard InChI is InChI=1S/C23H24Cl2N2O5/c1-14-18(15(2)32-27-14)13-31-21-7-5-16(11-22(21)29-3)23(28)26-9-4-10-30-20-8-6-17(24)12-19(20)25/h5-8,11-12H,4,9-10,13H2,1-3H3,(H,26,28). The fraction of sp³-hybridized carbons (Fsp3) is 0.304. The molecule has 0 fully saturated rings. The van der Waals surface area contributed by atoms with Gasteiger partial charge in [-0.05, 0) is 56.7 Å². The lowest BCUT2D eigenvalue weighted by Gasteiger charge is -2.12. The first-order chi connectivity index (χ1) is 15.4. The number of carbonyl (C=O) groups excluding carboxylic acids is 1. The van der Waals surface area contributed by atoms with Crippen LogP contribution in [0.2, 0.25) is 10.0 Å². The maximum atomic E-state index is 12.5. The number of hydrogen-bond acceptors (Lipinski definition) is 6. The van der Waals surface area contributed by atoms with E-state index in [1.54, 1.807) is 36.4 Å². The lowest BCUT2D eigenvalue weighted by molar-refractivity contribution is 0.0951. The minimum absolute atomic E-state index is 0.218. The molecule has 0 radical (unpaired) electrons. The first kappa shape index (κ1) is 23.8. The number of hydrogen-bond donors (Lipinski definition) is 1. The fourth-order valence-corrected chi connectivity index (χ4v) is 3.40. The van der Waals surface area contributed by atoms with Crippen LogP contribution in [0.25, 0.3) is 0 Å². The van der Waals surface area contributed by atoms with Crippen LogP contribution < -0.4 is 19.5 Å². The molecule has 2 aromatic carbocycles. The first-order valence-electron chi connectivity index (χ1n) is 9.97. The highest BCUT2D eigenvalue weighted by Crippen LogP contribution is 2.30. The van der Waals surface area contributed by atoms with Crippen molar-refractivity contribution in [3.63, 3.8) is 0 Å². The summed E-state index contributed by atoms with van der Waals surface area (Å²) in [7, 11) is 1.53. The zero-order chi connectivity index (χ0) is 23.1. The third kappa shape index (κ3) is 6.08. The van der Waals surface area contributed by atoms with Gasteiger partial charge >= 0.3 is 0 Å². The largest absolute Gasteiger partial charge is 0.493 e. The van der Waals surface area contributed by atoms with Gasteiger partial charge in [0.1, 0.15) is 18.1 Å². The van der Waals surface area contributed by atoms with Gasteiger partial charge < -0.3 is 24.1 Å². The van der Waals surface area contributed by atoms with Crippen LogP contribution in [-0.2, 0) is 6.61 Å². The van der Waals surface area contributed by atoms with Crippen LogP contribution in [0.4, 0.5) is 0 Å². The monoisotopic (exact) mass is 478 g/mol. The van der Waals surface area contributed by atoms with Gasteiger partial charge in [-0.3, -0.25) is 4.79 Å². The summed E-state index contributed by atoms with van der Waals surface area (Å²) < 4.78 is 22.0. The highest BCUT2D eigenvalue weighted by Gasteiger charge is 2.14. The van der Waals surface area contributed by atoms with Crippen molar-refractivity contribution in [1.29, 1.82) is 0 Å². The van der Waals surface area contributed by atoms with E-state index < -0.39 is 0 Å². The molecule has 0 aliphatic carbocycles. The molecule has 1 aromatic heterocycles. The van der Waals surface area contributed by atoms with Crippen molar-refractivity contribution in [3.8, 4) is 17.2 Å². The number of rotatable bonds is 10. The van der Waals surface area contributed by atoms with Crippen LogP contribution in [0.3, 0.4) is 0 Å². The molecule has 0 spiro atoms. The topological polar surface area (TPSA) is 82.8 Å². The molecule has 0 saturated carbocycles. The van der Waals surface area contributed by atoms with Crippen molar-refractivity contribution < 1.29 is 23.5 Å². The van der Waals surface area contributed by atoms with Gasteiger partial charge in [-0.1, -0.05) is 28.4 Å². The van der Waals surface area contributed by atoms with E-state index in [0.717, 1.165) is 11.3 Å². The summed E-state index contributed by atoms with van der Waals surface area (Å²) in [6.07, 6.45) is 0.612. The van der Waals surface area contributed by atoms with E-state index in [4.69, 9.17) is 41.9 Å². The number of aryl methyl sites for hydroxylation is 2. The third-order valence-electron chi connectivity index (χ3n) is 4.74. The normalized spacial score (nSPS) is 10.7. The molecule has 0 bridgehead atoms. The number of nitrogens with zero attached hydrogens (tertiary/aromatic N) is 1. The molecule has 0 atom stereocenters. The molecule has 1 heterocycles. The number of amides is 1. The van der Waals surface area contributed by atoms with E-state index in [9.17, 15) is 4.79 Å². The number of nitrogens with one attached hydrogen (secondary N) is 1. The highest BCUT2D eigenvalue weighted by molar-refractivity contribution is 6.35. The zero-order valence-electron chi connectivity index (χ0n) is 18.0. The Morgan fingerprint density at radius 1 is 1.06 bits per heavy atom. The number of benzene rings is 2. The summed E-state index contributed by atoms with van der Waals surface area (Å²) in [5, 5.41) is 7.77. The molecular weight excluding hydrogens is 455 g/mol. The Hall–Kier alpha value is -2.90. The molecule has 9 heteroatoms. The SMILES string of the molecule is COc1cc(C(=O)NCCCOc2ccc(Cl)cc2Cl)ccc1OCc1c(C)noc1C. The number of methoxy groups -OCH3 is 1. The number of ether oxygens (including phenoxy) is 3. The summed E-state index contributed by atoms with van der Waals surface area (Å²) >= 11 is 11.9. The molecule has 3 rings (SSSR count). The van der Waals surface area contributed by atoms with Crippen molar-refractivity contribution in [3.05, 3.63) is 69.0 Å². The van der Waals surface area contributed by atoms with E-state index >= 15 is 0 Å². The molecular formula is C23H24Cl2N2O5. The number of aromatic nitrogens is 1. The third-order valence-corrected chi connectivity index (χ3v) is 5.27. The predicted molar refractivity (Wildman–Crippen MR) is 122 cm³/mol. The Balaban J connectivity index is 1.49. The number of carbonyl (C=O) groups is 1. The van der Waals surface area contributed by atoms with Gasteiger partial charge in [-0.25, -0.2) is 0 Å². The second-order valence-electron chi connectivity index (χ2n) is 6.99. The maximum absolute atomic E-state index is 12.5. The average molecular weight is 479 g/mol. The fourth-order valence-electron chi connectivity index (χ4n) is 2.94. The molecule has 1 N–H and O–H groups in total. The number of halogens is 2. The molecule has 170 valence electrons. The molecule has 0 aliphatic heterocycles. The lowest BCUT2D eigenvalue weighted by atomic mass is 10.2. The van der Waals surface area contributed by atoms with E-state index in [-0.39, 0.29) is 5.91 Å². The van der Waals surface area contributed by atoms with Gasteiger partial charge in [0.25, 0.3) is 5.91 Å². The van der Waals surface area contributed by atoms with Crippen LogP contribution in [-0.4, -0.2) is 31.3 Å². The smallest absolute Gasteiger partial charge is 0.251 e. The van der Waals surface area contributed by atoms with Crippen LogP contribution in [0, 0.1) is 13.8 Å². The van der Waals surface area contributed by atoms with Crippen LogP contribution in [0.15, 0.2) is 40.9 Å². The molecule has 7 nitrogen and oxygen atoms in total. The summed E-state index contributed by atoms with van der Waals surface area (Å²) in [4.78, 5) is 12.5. The second kappa shape index (κ2) is 11.1. The quantitative estimate of drug-likeness (QED) is 0.393. The van der Waals surface area contributed by atoms with Gasteiger partial charge in [0.2, 0.25) is 0 Å². The van der Waals surface area contributed by atoms with E-state index in [1.165, 1.54) is 7.11 Å². The Bertz CT molecular complexity index is 1060.